The van der Waals surface area contributed by atoms with Crippen LogP contribution in [0.5, 0.6) is 0 Å². The van der Waals surface area contributed by atoms with Crippen LogP contribution in [0.25, 0.3) is 4.96 Å². The van der Waals surface area contributed by atoms with E-state index >= 15 is 0 Å². The fourth-order valence-electron chi connectivity index (χ4n) is 2.15. The molecule has 20 heavy (non-hydrogen) atoms. The molecule has 0 amide bonds. The van der Waals surface area contributed by atoms with Crippen LogP contribution in [0.15, 0.2) is 36.5 Å². The van der Waals surface area contributed by atoms with Crippen LogP contribution in [0.2, 0.25) is 0 Å². The van der Waals surface area contributed by atoms with Gasteiger partial charge in [0.25, 0.3) is 0 Å². The van der Waals surface area contributed by atoms with Crippen molar-refractivity contribution in [2.45, 2.75) is 27.0 Å². The van der Waals surface area contributed by atoms with Crippen molar-refractivity contribution < 1.29 is 4.84 Å². The third-order valence-electron chi connectivity index (χ3n) is 3.16. The van der Waals surface area contributed by atoms with E-state index in [2.05, 4.69) is 28.0 Å². The molecule has 0 aliphatic carbocycles. The Morgan fingerprint density at radius 3 is 2.85 bits per heavy atom. The summed E-state index contributed by atoms with van der Waals surface area (Å²) in [7, 11) is 0. The van der Waals surface area contributed by atoms with Gasteiger partial charge in [0, 0.05) is 11.1 Å². The summed E-state index contributed by atoms with van der Waals surface area (Å²) in [6, 6.07) is 10.1. The fourth-order valence-corrected chi connectivity index (χ4v) is 3.04. The van der Waals surface area contributed by atoms with Gasteiger partial charge in [-0.3, -0.25) is 9.24 Å². The molecule has 1 N–H and O–H groups in total. The van der Waals surface area contributed by atoms with Crippen LogP contribution in [-0.4, -0.2) is 9.38 Å². The minimum Gasteiger partial charge on any atom is -0.297 e. The molecule has 2 aromatic heterocycles. The van der Waals surface area contributed by atoms with Crippen molar-refractivity contribution >= 4 is 16.3 Å². The van der Waals surface area contributed by atoms with Gasteiger partial charge in [-0.1, -0.05) is 30.3 Å². The molecule has 0 bridgehead atoms. The van der Waals surface area contributed by atoms with E-state index in [1.165, 1.54) is 4.88 Å². The van der Waals surface area contributed by atoms with E-state index < -0.39 is 0 Å². The topological polar surface area (TPSA) is 38.6 Å². The molecule has 0 atom stereocenters. The van der Waals surface area contributed by atoms with Crippen LogP contribution >= 0.6 is 11.3 Å². The molecule has 4 nitrogen and oxygen atoms in total. The lowest BCUT2D eigenvalue weighted by atomic mass is 10.2. The van der Waals surface area contributed by atoms with E-state index in [0.717, 1.165) is 21.9 Å². The lowest BCUT2D eigenvalue weighted by molar-refractivity contribution is 0.0226. The van der Waals surface area contributed by atoms with E-state index in [0.29, 0.717) is 13.2 Å². The third kappa shape index (κ3) is 2.75. The van der Waals surface area contributed by atoms with Crippen molar-refractivity contribution in [3.8, 4) is 0 Å². The first-order valence-electron chi connectivity index (χ1n) is 6.56. The molecule has 5 heteroatoms. The second kappa shape index (κ2) is 5.75. The van der Waals surface area contributed by atoms with Gasteiger partial charge in [0.1, 0.15) is 0 Å². The van der Waals surface area contributed by atoms with Gasteiger partial charge in [-0.2, -0.15) is 5.48 Å². The number of thiazole rings is 1. The van der Waals surface area contributed by atoms with Gasteiger partial charge in [-0.15, -0.1) is 11.3 Å². The first kappa shape index (κ1) is 13.3. The Hall–Kier alpha value is -1.69. The quantitative estimate of drug-likeness (QED) is 0.578. The second-order valence-corrected chi connectivity index (χ2v) is 5.95. The number of aromatic nitrogens is 2. The monoisotopic (exact) mass is 287 g/mol. The maximum Gasteiger partial charge on any atom is 0.194 e. The number of hydroxylamine groups is 1. The van der Waals surface area contributed by atoms with Gasteiger partial charge in [0.05, 0.1) is 24.5 Å². The van der Waals surface area contributed by atoms with Crippen LogP contribution in [0.1, 0.15) is 21.8 Å². The maximum absolute atomic E-state index is 5.52. The van der Waals surface area contributed by atoms with Gasteiger partial charge < -0.3 is 0 Å². The lowest BCUT2D eigenvalue weighted by Crippen LogP contribution is -2.15. The molecule has 3 rings (SSSR count). The summed E-state index contributed by atoms with van der Waals surface area (Å²) < 4.78 is 2.13. The number of aryl methyl sites for hydroxylation is 2. The van der Waals surface area contributed by atoms with E-state index in [-0.39, 0.29) is 0 Å². The molecule has 2 heterocycles. The number of fused-ring (bicyclic) bond motifs is 1. The van der Waals surface area contributed by atoms with Gasteiger partial charge in [0.15, 0.2) is 4.96 Å². The molecular formula is C15H17N3OS. The van der Waals surface area contributed by atoms with Gasteiger partial charge >= 0.3 is 0 Å². The Balaban J connectivity index is 1.61. The molecule has 0 aliphatic heterocycles. The molecule has 0 saturated carbocycles. The minimum atomic E-state index is 0.560. The molecule has 0 unspecified atom stereocenters. The summed E-state index contributed by atoms with van der Waals surface area (Å²) in [5.41, 5.74) is 6.38. The average molecular weight is 287 g/mol. The fraction of sp³-hybridized carbons (Fsp3) is 0.267. The summed E-state index contributed by atoms with van der Waals surface area (Å²) in [6.45, 7) is 5.33. The summed E-state index contributed by atoms with van der Waals surface area (Å²) in [5.74, 6) is 0. The number of hydrogen-bond acceptors (Lipinski definition) is 4. The zero-order valence-electron chi connectivity index (χ0n) is 11.6. The number of imidazole rings is 1. The zero-order chi connectivity index (χ0) is 13.9. The molecule has 104 valence electrons. The van der Waals surface area contributed by atoms with E-state index in [1.807, 2.05) is 37.3 Å². The van der Waals surface area contributed by atoms with Crippen molar-refractivity contribution in [1.29, 1.82) is 0 Å². The molecule has 0 spiro atoms. The van der Waals surface area contributed by atoms with Crippen molar-refractivity contribution in [3.05, 3.63) is 58.4 Å². The van der Waals surface area contributed by atoms with Crippen molar-refractivity contribution in [3.63, 3.8) is 0 Å². The highest BCUT2D eigenvalue weighted by Crippen LogP contribution is 2.20. The highest BCUT2D eigenvalue weighted by Gasteiger charge is 2.10. The lowest BCUT2D eigenvalue weighted by Gasteiger charge is -2.06. The number of hydrogen-bond donors (Lipinski definition) is 1. The molecule has 0 radical (unpaired) electrons. The number of rotatable bonds is 5. The standard InChI is InChI=1S/C15H17N3OS/c1-11-9-18-14(12(2)17-15(18)20-11)8-16-19-10-13-6-4-3-5-7-13/h3-7,9,16H,8,10H2,1-2H3. The highest BCUT2D eigenvalue weighted by atomic mass is 32.1. The van der Waals surface area contributed by atoms with Gasteiger partial charge in [-0.25, -0.2) is 4.98 Å². The predicted octanol–water partition coefficient (Wildman–Crippen LogP) is 3.23. The summed E-state index contributed by atoms with van der Waals surface area (Å²) in [5, 5.41) is 0. The third-order valence-corrected chi connectivity index (χ3v) is 4.06. The largest absolute Gasteiger partial charge is 0.297 e. The first-order chi connectivity index (χ1) is 9.74. The Bertz CT molecular complexity index is 703. The number of nitrogens with one attached hydrogen (secondary N) is 1. The molecule has 0 saturated heterocycles. The maximum atomic E-state index is 5.52. The SMILES string of the molecule is Cc1cn2c(CNOCc3ccccc3)c(C)nc2s1. The number of nitrogens with zero attached hydrogens (tertiary/aromatic N) is 2. The average Bonchev–Trinajstić information content (AvgIpc) is 2.92. The van der Waals surface area contributed by atoms with Crippen LogP contribution in [-0.2, 0) is 18.0 Å². The minimum absolute atomic E-state index is 0.560. The van der Waals surface area contributed by atoms with Gasteiger partial charge in [-0.05, 0) is 19.4 Å². The normalized spacial score (nSPS) is 11.3. The van der Waals surface area contributed by atoms with Crippen LogP contribution < -0.4 is 5.48 Å². The Morgan fingerprint density at radius 1 is 1.25 bits per heavy atom. The van der Waals surface area contributed by atoms with E-state index in [1.54, 1.807) is 11.3 Å². The van der Waals surface area contributed by atoms with Crippen molar-refractivity contribution in [2.75, 3.05) is 0 Å². The Kier molecular flexibility index (Phi) is 3.82. The van der Waals surface area contributed by atoms with Crippen LogP contribution in [0.3, 0.4) is 0 Å². The van der Waals surface area contributed by atoms with Gasteiger partial charge in [0.2, 0.25) is 0 Å². The number of benzene rings is 1. The zero-order valence-corrected chi connectivity index (χ0v) is 12.4. The molecule has 0 aliphatic rings. The second-order valence-electron chi connectivity index (χ2n) is 4.73. The predicted molar refractivity (Wildman–Crippen MR) is 80.6 cm³/mol. The molecule has 3 aromatic rings. The molecule has 1 aromatic carbocycles. The first-order valence-corrected chi connectivity index (χ1v) is 7.38. The van der Waals surface area contributed by atoms with Crippen molar-refractivity contribution in [2.24, 2.45) is 0 Å². The van der Waals surface area contributed by atoms with Crippen molar-refractivity contribution in [1.82, 2.24) is 14.9 Å². The highest BCUT2D eigenvalue weighted by molar-refractivity contribution is 7.17. The van der Waals surface area contributed by atoms with E-state index in [4.69, 9.17) is 4.84 Å². The smallest absolute Gasteiger partial charge is 0.194 e. The Labute approximate surface area is 122 Å². The summed E-state index contributed by atoms with van der Waals surface area (Å²) in [6.07, 6.45) is 2.12. The molecule has 0 fully saturated rings. The van der Waals surface area contributed by atoms with Crippen LogP contribution in [0.4, 0.5) is 0 Å². The molecular weight excluding hydrogens is 270 g/mol. The summed E-state index contributed by atoms with van der Waals surface area (Å²) >= 11 is 1.71. The summed E-state index contributed by atoms with van der Waals surface area (Å²) in [4.78, 5) is 12.4. The van der Waals surface area contributed by atoms with E-state index in [9.17, 15) is 0 Å². The van der Waals surface area contributed by atoms with Crippen LogP contribution in [0, 0.1) is 13.8 Å². The Morgan fingerprint density at radius 2 is 2.05 bits per heavy atom.